The van der Waals surface area contributed by atoms with Crippen molar-refractivity contribution >= 4 is 5.91 Å². The van der Waals surface area contributed by atoms with Gasteiger partial charge in [0.2, 0.25) is 0 Å². The topological polar surface area (TPSA) is 112 Å². The van der Waals surface area contributed by atoms with Crippen molar-refractivity contribution in [2.45, 2.75) is 31.0 Å². The highest BCUT2D eigenvalue weighted by Crippen LogP contribution is 2.24. The number of aromatic nitrogens is 1. The van der Waals surface area contributed by atoms with E-state index in [9.17, 15) is 23.1 Å². The number of pyridine rings is 1. The van der Waals surface area contributed by atoms with E-state index < -0.39 is 37.2 Å². The van der Waals surface area contributed by atoms with Crippen LogP contribution in [0.5, 0.6) is 0 Å². The normalized spacial score (nSPS) is 14.2. The second-order valence-electron chi connectivity index (χ2n) is 6.08. The molecule has 0 aliphatic heterocycles. The summed E-state index contributed by atoms with van der Waals surface area (Å²) in [4.78, 5) is 15.3. The predicted molar refractivity (Wildman–Crippen MR) is 95.7 cm³/mol. The summed E-state index contributed by atoms with van der Waals surface area (Å²) < 4.78 is 37.7. The number of nitrogens with one attached hydrogen (secondary N) is 1. The van der Waals surface area contributed by atoms with Crippen molar-refractivity contribution in [1.29, 1.82) is 5.26 Å². The van der Waals surface area contributed by atoms with E-state index in [1.165, 1.54) is 12.1 Å². The Hall–Kier alpha value is -2.96. The van der Waals surface area contributed by atoms with Crippen LogP contribution in [0.3, 0.4) is 0 Å². The van der Waals surface area contributed by atoms with Crippen molar-refractivity contribution in [2.24, 2.45) is 5.73 Å². The lowest BCUT2D eigenvalue weighted by atomic mass is 9.99. The number of carbonyl (C=O) groups is 1. The van der Waals surface area contributed by atoms with Gasteiger partial charge in [0.1, 0.15) is 12.8 Å². The molecule has 4 N–H and O–H groups in total. The average Bonchev–Trinajstić information content (AvgIpc) is 2.71. The molecule has 1 aromatic heterocycles. The monoisotopic (exact) mass is 392 g/mol. The Labute approximate surface area is 159 Å². The van der Waals surface area contributed by atoms with Crippen LogP contribution < -0.4 is 11.1 Å². The number of hydrogen-bond donors (Lipinski definition) is 3. The summed E-state index contributed by atoms with van der Waals surface area (Å²) in [6.07, 6.45) is -3.03. The minimum absolute atomic E-state index is 0.150. The SMILES string of the molecule is N#CCC(N)c1ccc(-c2ccc([C@H](O)[C@@H](CF)NC(=O)C(F)F)cc2)cn1. The second-order valence-corrected chi connectivity index (χ2v) is 6.08. The summed E-state index contributed by atoms with van der Waals surface area (Å²) in [6, 6.07) is 9.82. The molecule has 2 rings (SSSR count). The first-order chi connectivity index (χ1) is 13.4. The van der Waals surface area contributed by atoms with Gasteiger partial charge in [0, 0.05) is 11.8 Å². The standard InChI is InChI=1S/C19H19F3N4O2/c20-9-16(26-19(28)18(21)22)17(27)12-3-1-11(2-4-12)13-5-6-15(25-10-13)14(24)7-8-23/h1-6,10,14,16-18,27H,7,9,24H2,(H,26,28)/t14?,16-,17+/m1/s1. The maximum absolute atomic E-state index is 13.1. The fourth-order valence-electron chi connectivity index (χ4n) is 2.55. The predicted octanol–water partition coefficient (Wildman–Crippen LogP) is 2.41. The van der Waals surface area contributed by atoms with Crippen LogP contribution in [0.25, 0.3) is 11.1 Å². The largest absolute Gasteiger partial charge is 0.386 e. The highest BCUT2D eigenvalue weighted by molar-refractivity contribution is 5.79. The zero-order valence-corrected chi connectivity index (χ0v) is 14.7. The maximum Gasteiger partial charge on any atom is 0.315 e. The molecule has 0 saturated carbocycles. The van der Waals surface area contributed by atoms with Gasteiger partial charge in [-0.2, -0.15) is 14.0 Å². The first-order valence-corrected chi connectivity index (χ1v) is 8.38. The summed E-state index contributed by atoms with van der Waals surface area (Å²) in [5.41, 5.74) is 8.17. The van der Waals surface area contributed by atoms with Gasteiger partial charge in [0.25, 0.3) is 5.91 Å². The van der Waals surface area contributed by atoms with Crippen LogP contribution in [0.1, 0.15) is 29.8 Å². The van der Waals surface area contributed by atoms with Gasteiger partial charge in [-0.15, -0.1) is 0 Å². The zero-order chi connectivity index (χ0) is 20.7. The maximum atomic E-state index is 13.1. The van der Waals surface area contributed by atoms with Gasteiger partial charge in [-0.3, -0.25) is 9.78 Å². The van der Waals surface area contributed by atoms with Crippen LogP contribution in [0.4, 0.5) is 13.2 Å². The molecule has 3 atom stereocenters. The molecule has 0 aliphatic carbocycles. The number of carbonyl (C=O) groups excluding carboxylic acids is 1. The van der Waals surface area contributed by atoms with E-state index in [2.05, 4.69) is 4.98 Å². The van der Waals surface area contributed by atoms with Crippen molar-refractivity contribution in [3.8, 4) is 17.2 Å². The summed E-state index contributed by atoms with van der Waals surface area (Å²) >= 11 is 0. The van der Waals surface area contributed by atoms with Crippen molar-refractivity contribution in [3.63, 3.8) is 0 Å². The molecular weight excluding hydrogens is 373 g/mol. The molecule has 9 heteroatoms. The van der Waals surface area contributed by atoms with Crippen LogP contribution >= 0.6 is 0 Å². The van der Waals surface area contributed by atoms with Gasteiger partial charge in [0.15, 0.2) is 0 Å². The summed E-state index contributed by atoms with van der Waals surface area (Å²) in [6.45, 7) is -1.20. The van der Waals surface area contributed by atoms with E-state index >= 15 is 0 Å². The van der Waals surface area contributed by atoms with E-state index in [-0.39, 0.29) is 12.0 Å². The quantitative estimate of drug-likeness (QED) is 0.639. The molecule has 1 heterocycles. The van der Waals surface area contributed by atoms with Crippen LogP contribution in [0.2, 0.25) is 0 Å². The van der Waals surface area contributed by atoms with Gasteiger partial charge in [0.05, 0.1) is 30.3 Å². The Morgan fingerprint density at radius 2 is 1.86 bits per heavy atom. The Morgan fingerprint density at radius 1 is 1.21 bits per heavy atom. The smallest absolute Gasteiger partial charge is 0.315 e. The number of rotatable bonds is 8. The highest BCUT2D eigenvalue weighted by Gasteiger charge is 2.26. The molecule has 1 amide bonds. The third kappa shape index (κ3) is 5.28. The molecule has 2 aromatic rings. The summed E-state index contributed by atoms with van der Waals surface area (Å²) in [5.74, 6) is -1.64. The highest BCUT2D eigenvalue weighted by atomic mass is 19.3. The lowest BCUT2D eigenvalue weighted by Crippen LogP contribution is -2.43. The summed E-state index contributed by atoms with van der Waals surface area (Å²) in [5, 5.41) is 20.6. The van der Waals surface area contributed by atoms with Crippen LogP contribution in [0.15, 0.2) is 42.6 Å². The van der Waals surface area contributed by atoms with Crippen molar-refractivity contribution in [2.75, 3.05) is 6.67 Å². The molecule has 0 spiro atoms. The van der Waals surface area contributed by atoms with Crippen LogP contribution in [-0.2, 0) is 4.79 Å². The Morgan fingerprint density at radius 3 is 2.36 bits per heavy atom. The molecule has 0 bridgehead atoms. The van der Waals surface area contributed by atoms with Gasteiger partial charge in [-0.1, -0.05) is 30.3 Å². The third-order valence-electron chi connectivity index (χ3n) is 4.14. The molecule has 0 aliphatic rings. The fourth-order valence-corrected chi connectivity index (χ4v) is 2.55. The molecule has 28 heavy (non-hydrogen) atoms. The summed E-state index contributed by atoms with van der Waals surface area (Å²) in [7, 11) is 0. The minimum Gasteiger partial charge on any atom is -0.386 e. The van der Waals surface area contributed by atoms with E-state index in [1.807, 2.05) is 6.07 Å². The van der Waals surface area contributed by atoms with Gasteiger partial charge in [-0.25, -0.2) is 4.39 Å². The number of aliphatic hydroxyl groups excluding tert-OH is 1. The Kier molecular flexibility index (Phi) is 7.49. The van der Waals surface area contributed by atoms with Crippen LogP contribution in [-0.4, -0.2) is 35.1 Å². The molecule has 6 nitrogen and oxygen atoms in total. The van der Waals surface area contributed by atoms with Gasteiger partial charge >= 0.3 is 6.43 Å². The number of amides is 1. The van der Waals surface area contributed by atoms with E-state index in [0.717, 1.165) is 11.1 Å². The number of aliphatic hydroxyl groups is 1. The van der Waals surface area contributed by atoms with Crippen molar-refractivity contribution in [1.82, 2.24) is 10.3 Å². The molecular formula is C19H19F3N4O2. The number of alkyl halides is 3. The van der Waals surface area contributed by atoms with E-state index in [1.54, 1.807) is 35.8 Å². The number of nitrogens with two attached hydrogens (primary N) is 1. The minimum atomic E-state index is -3.29. The average molecular weight is 392 g/mol. The number of nitrogens with zero attached hydrogens (tertiary/aromatic N) is 2. The number of hydrogen-bond acceptors (Lipinski definition) is 5. The Balaban J connectivity index is 2.12. The third-order valence-corrected chi connectivity index (χ3v) is 4.14. The lowest BCUT2D eigenvalue weighted by molar-refractivity contribution is -0.133. The number of benzene rings is 1. The molecule has 148 valence electrons. The van der Waals surface area contributed by atoms with E-state index in [4.69, 9.17) is 11.0 Å². The molecule has 0 fully saturated rings. The zero-order valence-electron chi connectivity index (χ0n) is 14.7. The molecule has 1 unspecified atom stereocenters. The molecule has 0 radical (unpaired) electrons. The number of halogens is 3. The first-order valence-electron chi connectivity index (χ1n) is 8.38. The van der Waals surface area contributed by atoms with Crippen molar-refractivity contribution < 1.29 is 23.1 Å². The lowest BCUT2D eigenvalue weighted by Gasteiger charge is -2.22. The fraction of sp³-hybridized carbons (Fsp3) is 0.316. The molecule has 1 aromatic carbocycles. The second kappa shape index (κ2) is 9.82. The number of nitriles is 1. The molecule has 0 saturated heterocycles. The van der Waals surface area contributed by atoms with E-state index in [0.29, 0.717) is 5.69 Å². The van der Waals surface area contributed by atoms with Crippen LogP contribution in [0, 0.1) is 11.3 Å². The first kappa shape index (κ1) is 21.3. The van der Waals surface area contributed by atoms with Gasteiger partial charge in [-0.05, 0) is 17.2 Å². The Bertz CT molecular complexity index is 823. The van der Waals surface area contributed by atoms with Gasteiger partial charge < -0.3 is 16.2 Å². The van der Waals surface area contributed by atoms with Crippen molar-refractivity contribution in [3.05, 3.63) is 53.9 Å².